The fourth-order valence-electron chi connectivity index (χ4n) is 1.09. The lowest BCUT2D eigenvalue weighted by Gasteiger charge is -2.08. The average molecular weight is 176 g/mol. The fourth-order valence-corrected chi connectivity index (χ4v) is 1.09. The predicted molar refractivity (Wildman–Crippen MR) is 51.0 cm³/mol. The SMILES string of the molecule is C#Cc1ccc([C@@H](O)CCO)cc1. The van der Waals surface area contributed by atoms with Crippen LogP contribution < -0.4 is 0 Å². The monoisotopic (exact) mass is 176 g/mol. The summed E-state index contributed by atoms with van der Waals surface area (Å²) in [5.41, 5.74) is 1.58. The number of aliphatic hydroxyl groups excluding tert-OH is 2. The molecule has 0 unspecified atom stereocenters. The second-order valence-corrected chi connectivity index (χ2v) is 2.79. The molecule has 68 valence electrons. The Labute approximate surface area is 77.8 Å². The molecule has 2 heteroatoms. The van der Waals surface area contributed by atoms with Gasteiger partial charge in [0.05, 0.1) is 6.10 Å². The maximum Gasteiger partial charge on any atom is 0.0811 e. The van der Waals surface area contributed by atoms with Gasteiger partial charge in [-0.25, -0.2) is 0 Å². The number of hydrogen-bond acceptors (Lipinski definition) is 2. The van der Waals surface area contributed by atoms with Crippen molar-refractivity contribution in [3.8, 4) is 12.3 Å². The molecule has 0 radical (unpaired) electrons. The molecule has 0 aliphatic rings. The van der Waals surface area contributed by atoms with E-state index < -0.39 is 6.10 Å². The molecule has 0 saturated heterocycles. The summed E-state index contributed by atoms with van der Waals surface area (Å²) >= 11 is 0. The first-order chi connectivity index (χ1) is 6.27. The molecule has 1 rings (SSSR count). The van der Waals surface area contributed by atoms with Crippen molar-refractivity contribution in [1.82, 2.24) is 0 Å². The van der Waals surface area contributed by atoms with Gasteiger partial charge in [0.2, 0.25) is 0 Å². The van der Waals surface area contributed by atoms with E-state index >= 15 is 0 Å². The topological polar surface area (TPSA) is 40.5 Å². The molecule has 0 fully saturated rings. The second-order valence-electron chi connectivity index (χ2n) is 2.79. The summed E-state index contributed by atoms with van der Waals surface area (Å²) < 4.78 is 0. The Hall–Kier alpha value is -1.30. The fraction of sp³-hybridized carbons (Fsp3) is 0.273. The van der Waals surface area contributed by atoms with Crippen LogP contribution in [0.3, 0.4) is 0 Å². The third-order valence-electron chi connectivity index (χ3n) is 1.86. The van der Waals surface area contributed by atoms with Crippen molar-refractivity contribution in [3.63, 3.8) is 0 Å². The highest BCUT2D eigenvalue weighted by molar-refractivity contribution is 5.34. The molecule has 0 spiro atoms. The molecule has 2 nitrogen and oxygen atoms in total. The van der Waals surface area contributed by atoms with Crippen LogP contribution in [0.2, 0.25) is 0 Å². The Morgan fingerprint density at radius 1 is 1.31 bits per heavy atom. The van der Waals surface area contributed by atoms with Crippen LogP contribution in [0.4, 0.5) is 0 Å². The molecule has 0 amide bonds. The molecule has 0 heterocycles. The van der Waals surface area contributed by atoms with E-state index in [1.807, 2.05) is 0 Å². The van der Waals surface area contributed by atoms with E-state index in [2.05, 4.69) is 5.92 Å². The van der Waals surface area contributed by atoms with Crippen molar-refractivity contribution in [1.29, 1.82) is 0 Å². The van der Waals surface area contributed by atoms with Crippen LogP contribution in [0.5, 0.6) is 0 Å². The maximum absolute atomic E-state index is 9.47. The third-order valence-corrected chi connectivity index (χ3v) is 1.86. The van der Waals surface area contributed by atoms with Gasteiger partial charge >= 0.3 is 0 Å². The number of hydrogen-bond donors (Lipinski definition) is 2. The molecular formula is C11H12O2. The van der Waals surface area contributed by atoms with Gasteiger partial charge in [-0.1, -0.05) is 18.1 Å². The van der Waals surface area contributed by atoms with Gasteiger partial charge < -0.3 is 10.2 Å². The zero-order chi connectivity index (χ0) is 9.68. The van der Waals surface area contributed by atoms with E-state index in [4.69, 9.17) is 11.5 Å². The zero-order valence-electron chi connectivity index (χ0n) is 7.27. The normalized spacial score (nSPS) is 12.1. The Morgan fingerprint density at radius 2 is 1.92 bits per heavy atom. The molecule has 0 bridgehead atoms. The lowest BCUT2D eigenvalue weighted by Crippen LogP contribution is -1.99. The zero-order valence-corrected chi connectivity index (χ0v) is 7.27. The minimum atomic E-state index is -0.600. The minimum absolute atomic E-state index is 0.0158. The molecule has 13 heavy (non-hydrogen) atoms. The first-order valence-corrected chi connectivity index (χ1v) is 4.13. The van der Waals surface area contributed by atoms with Gasteiger partial charge in [0.1, 0.15) is 0 Å². The Kier molecular flexibility index (Phi) is 3.51. The molecular weight excluding hydrogens is 164 g/mol. The highest BCUT2D eigenvalue weighted by atomic mass is 16.3. The maximum atomic E-state index is 9.47. The number of rotatable bonds is 3. The lowest BCUT2D eigenvalue weighted by atomic mass is 10.1. The average Bonchev–Trinajstić information content (AvgIpc) is 2.18. The first kappa shape index (κ1) is 9.79. The van der Waals surface area contributed by atoms with Crippen molar-refractivity contribution >= 4 is 0 Å². The standard InChI is InChI=1S/C11H12O2/c1-2-9-3-5-10(6-4-9)11(13)7-8-12/h1,3-6,11-13H,7-8H2/t11-/m0/s1. The van der Waals surface area contributed by atoms with Crippen LogP contribution in [0, 0.1) is 12.3 Å². The van der Waals surface area contributed by atoms with Crippen LogP contribution in [0.25, 0.3) is 0 Å². The second kappa shape index (κ2) is 4.66. The van der Waals surface area contributed by atoms with E-state index in [0.29, 0.717) is 6.42 Å². The molecule has 2 N–H and O–H groups in total. The van der Waals surface area contributed by atoms with E-state index in [-0.39, 0.29) is 6.61 Å². The quantitative estimate of drug-likeness (QED) is 0.677. The summed E-state index contributed by atoms with van der Waals surface area (Å²) in [6.07, 6.45) is 4.94. The van der Waals surface area contributed by atoms with Crippen molar-refractivity contribution in [2.75, 3.05) is 6.61 Å². The van der Waals surface area contributed by atoms with Crippen LogP contribution in [-0.4, -0.2) is 16.8 Å². The Morgan fingerprint density at radius 3 is 2.38 bits per heavy atom. The largest absolute Gasteiger partial charge is 0.396 e. The number of terminal acetylenes is 1. The van der Waals surface area contributed by atoms with Crippen LogP contribution >= 0.6 is 0 Å². The van der Waals surface area contributed by atoms with Gasteiger partial charge in [-0.15, -0.1) is 6.42 Å². The van der Waals surface area contributed by atoms with Gasteiger partial charge in [0, 0.05) is 18.6 Å². The molecule has 0 saturated carbocycles. The summed E-state index contributed by atoms with van der Waals surface area (Å²) in [7, 11) is 0. The Bertz CT molecular complexity index is 295. The predicted octanol–water partition coefficient (Wildman–Crippen LogP) is 1.08. The summed E-state index contributed by atoms with van der Waals surface area (Å²) in [6.45, 7) is -0.0158. The van der Waals surface area contributed by atoms with E-state index in [1.54, 1.807) is 24.3 Å². The molecule has 1 atom stereocenters. The number of aliphatic hydroxyl groups is 2. The van der Waals surface area contributed by atoms with Gasteiger partial charge in [0.15, 0.2) is 0 Å². The first-order valence-electron chi connectivity index (χ1n) is 4.13. The summed E-state index contributed by atoms with van der Waals surface area (Å²) in [6, 6.07) is 7.09. The molecule has 0 aliphatic carbocycles. The molecule has 1 aromatic rings. The van der Waals surface area contributed by atoms with Crippen molar-refractivity contribution in [2.45, 2.75) is 12.5 Å². The van der Waals surface area contributed by atoms with Gasteiger partial charge in [0.25, 0.3) is 0 Å². The molecule has 0 aliphatic heterocycles. The van der Waals surface area contributed by atoms with Gasteiger partial charge in [-0.2, -0.15) is 0 Å². The van der Waals surface area contributed by atoms with Crippen LogP contribution in [0.15, 0.2) is 24.3 Å². The molecule has 0 aromatic heterocycles. The van der Waals surface area contributed by atoms with E-state index in [9.17, 15) is 5.11 Å². The third kappa shape index (κ3) is 2.59. The van der Waals surface area contributed by atoms with Crippen molar-refractivity contribution in [3.05, 3.63) is 35.4 Å². The van der Waals surface area contributed by atoms with Crippen LogP contribution in [0.1, 0.15) is 23.7 Å². The van der Waals surface area contributed by atoms with E-state index in [1.165, 1.54) is 0 Å². The lowest BCUT2D eigenvalue weighted by molar-refractivity contribution is 0.134. The summed E-state index contributed by atoms with van der Waals surface area (Å²) in [4.78, 5) is 0. The Balaban J connectivity index is 2.75. The highest BCUT2D eigenvalue weighted by Gasteiger charge is 2.05. The van der Waals surface area contributed by atoms with E-state index in [0.717, 1.165) is 11.1 Å². The van der Waals surface area contributed by atoms with Crippen molar-refractivity contribution < 1.29 is 10.2 Å². The number of benzene rings is 1. The van der Waals surface area contributed by atoms with Crippen LogP contribution in [-0.2, 0) is 0 Å². The van der Waals surface area contributed by atoms with Crippen molar-refractivity contribution in [2.24, 2.45) is 0 Å². The summed E-state index contributed by atoms with van der Waals surface area (Å²) in [5.74, 6) is 2.49. The smallest absolute Gasteiger partial charge is 0.0811 e. The highest BCUT2D eigenvalue weighted by Crippen LogP contribution is 2.16. The molecule has 1 aromatic carbocycles. The summed E-state index contributed by atoms with van der Waals surface area (Å²) in [5, 5.41) is 18.1. The minimum Gasteiger partial charge on any atom is -0.396 e. The van der Waals surface area contributed by atoms with Gasteiger partial charge in [-0.05, 0) is 17.7 Å². The van der Waals surface area contributed by atoms with Gasteiger partial charge in [-0.3, -0.25) is 0 Å².